The van der Waals surface area contributed by atoms with Crippen molar-refractivity contribution in [3.8, 4) is 0 Å². The molecule has 5 heteroatoms. The normalized spacial score (nSPS) is 16.9. The second-order valence-corrected chi connectivity index (χ2v) is 6.82. The van der Waals surface area contributed by atoms with Crippen molar-refractivity contribution < 1.29 is 4.79 Å². The fraction of sp³-hybridized carbons (Fsp3) is 0.588. The molecule has 0 aromatic heterocycles. The van der Waals surface area contributed by atoms with E-state index >= 15 is 0 Å². The number of piperazine rings is 1. The first-order valence-electron chi connectivity index (χ1n) is 7.99. The molecule has 0 aliphatic carbocycles. The van der Waals surface area contributed by atoms with E-state index in [2.05, 4.69) is 35.0 Å². The lowest BCUT2D eigenvalue weighted by atomic mass is 10.2. The van der Waals surface area contributed by atoms with E-state index in [1.54, 1.807) is 0 Å². The van der Waals surface area contributed by atoms with Gasteiger partial charge in [-0.15, -0.1) is 0 Å². The van der Waals surface area contributed by atoms with Gasteiger partial charge in [0.05, 0.1) is 6.54 Å². The van der Waals surface area contributed by atoms with E-state index in [1.807, 2.05) is 18.2 Å². The molecule has 1 heterocycles. The first kappa shape index (κ1) is 17.3. The summed E-state index contributed by atoms with van der Waals surface area (Å²) in [6.45, 7) is 10.3. The molecule has 0 atom stereocenters. The third kappa shape index (κ3) is 5.95. The molecule has 1 aliphatic heterocycles. The Bertz CT molecular complexity index is 485. The summed E-state index contributed by atoms with van der Waals surface area (Å²) in [5, 5.41) is 3.77. The van der Waals surface area contributed by atoms with Crippen molar-refractivity contribution in [2.24, 2.45) is 5.92 Å². The summed E-state index contributed by atoms with van der Waals surface area (Å²) < 4.78 is 0. The Morgan fingerprint density at radius 3 is 2.55 bits per heavy atom. The molecule has 0 spiro atoms. The van der Waals surface area contributed by atoms with Crippen LogP contribution in [-0.2, 0) is 11.3 Å². The highest BCUT2D eigenvalue weighted by Crippen LogP contribution is 2.13. The maximum absolute atomic E-state index is 11.8. The van der Waals surface area contributed by atoms with Crippen LogP contribution in [0, 0.1) is 5.92 Å². The zero-order chi connectivity index (χ0) is 15.9. The van der Waals surface area contributed by atoms with Crippen molar-refractivity contribution in [1.29, 1.82) is 0 Å². The van der Waals surface area contributed by atoms with E-state index in [1.165, 1.54) is 5.56 Å². The molecule has 0 radical (unpaired) electrons. The third-order valence-electron chi connectivity index (χ3n) is 3.83. The van der Waals surface area contributed by atoms with Gasteiger partial charge in [-0.25, -0.2) is 0 Å². The van der Waals surface area contributed by atoms with Gasteiger partial charge in [0.15, 0.2) is 0 Å². The van der Waals surface area contributed by atoms with Crippen LogP contribution in [0.3, 0.4) is 0 Å². The van der Waals surface area contributed by atoms with Gasteiger partial charge in [-0.3, -0.25) is 14.6 Å². The van der Waals surface area contributed by atoms with Crippen molar-refractivity contribution >= 4 is 17.5 Å². The van der Waals surface area contributed by atoms with Crippen molar-refractivity contribution in [1.82, 2.24) is 15.1 Å². The molecule has 4 nitrogen and oxygen atoms in total. The predicted octanol–water partition coefficient (Wildman–Crippen LogP) is 2.23. The highest BCUT2D eigenvalue weighted by molar-refractivity contribution is 6.30. The third-order valence-corrected chi connectivity index (χ3v) is 4.07. The Balaban J connectivity index is 1.70. The van der Waals surface area contributed by atoms with Crippen molar-refractivity contribution in [3.63, 3.8) is 0 Å². The maximum Gasteiger partial charge on any atom is 0.234 e. The zero-order valence-electron chi connectivity index (χ0n) is 13.5. The van der Waals surface area contributed by atoms with Crippen LogP contribution in [0.1, 0.15) is 19.4 Å². The lowest BCUT2D eigenvalue weighted by Crippen LogP contribution is -2.49. The van der Waals surface area contributed by atoms with E-state index in [9.17, 15) is 4.79 Å². The number of carbonyl (C=O) groups is 1. The van der Waals surface area contributed by atoms with Crippen LogP contribution < -0.4 is 5.32 Å². The summed E-state index contributed by atoms with van der Waals surface area (Å²) in [6, 6.07) is 8.02. The smallest absolute Gasteiger partial charge is 0.234 e. The summed E-state index contributed by atoms with van der Waals surface area (Å²) in [7, 11) is 0. The molecule has 1 N–H and O–H groups in total. The molecule has 0 unspecified atom stereocenters. The lowest BCUT2D eigenvalue weighted by Gasteiger charge is -2.34. The quantitative estimate of drug-likeness (QED) is 0.872. The molecule has 22 heavy (non-hydrogen) atoms. The second kappa shape index (κ2) is 8.51. The molecule has 1 amide bonds. The van der Waals surface area contributed by atoms with Crippen LogP contribution in [0.2, 0.25) is 5.02 Å². The molecule has 1 aliphatic rings. The number of nitrogens with zero attached hydrogens (tertiary/aromatic N) is 2. The summed E-state index contributed by atoms with van der Waals surface area (Å²) in [6.07, 6.45) is 0. The van der Waals surface area contributed by atoms with E-state index < -0.39 is 0 Å². The second-order valence-electron chi connectivity index (χ2n) is 6.38. The maximum atomic E-state index is 11.8. The number of hydrogen-bond donors (Lipinski definition) is 1. The number of rotatable bonds is 6. The first-order chi connectivity index (χ1) is 10.5. The number of hydrogen-bond acceptors (Lipinski definition) is 3. The van der Waals surface area contributed by atoms with Gasteiger partial charge in [-0.2, -0.15) is 0 Å². The zero-order valence-corrected chi connectivity index (χ0v) is 14.3. The fourth-order valence-electron chi connectivity index (χ4n) is 2.58. The highest BCUT2D eigenvalue weighted by atomic mass is 35.5. The van der Waals surface area contributed by atoms with E-state index in [-0.39, 0.29) is 5.91 Å². The average molecular weight is 324 g/mol. The lowest BCUT2D eigenvalue weighted by molar-refractivity contribution is -0.122. The van der Waals surface area contributed by atoms with Gasteiger partial charge in [0.1, 0.15) is 0 Å². The molecular formula is C17H26ClN3O. The molecule has 0 bridgehead atoms. The summed E-state index contributed by atoms with van der Waals surface area (Å²) >= 11 is 6.02. The van der Waals surface area contributed by atoms with E-state index in [0.717, 1.165) is 44.3 Å². The molecule has 1 saturated heterocycles. The van der Waals surface area contributed by atoms with Gasteiger partial charge in [0, 0.05) is 44.3 Å². The molecule has 1 aromatic carbocycles. The highest BCUT2D eigenvalue weighted by Gasteiger charge is 2.19. The Morgan fingerprint density at radius 2 is 1.91 bits per heavy atom. The molecule has 2 rings (SSSR count). The molecule has 0 saturated carbocycles. The Kier molecular flexibility index (Phi) is 6.68. The monoisotopic (exact) mass is 323 g/mol. The van der Waals surface area contributed by atoms with Gasteiger partial charge >= 0.3 is 0 Å². The Morgan fingerprint density at radius 1 is 1.23 bits per heavy atom. The molecule has 122 valence electrons. The minimum atomic E-state index is 0.136. The van der Waals surface area contributed by atoms with Crippen LogP contribution >= 0.6 is 11.6 Å². The van der Waals surface area contributed by atoms with Crippen LogP contribution in [0.4, 0.5) is 0 Å². The van der Waals surface area contributed by atoms with Crippen LogP contribution in [-0.4, -0.2) is 55.0 Å². The van der Waals surface area contributed by atoms with Crippen molar-refractivity contribution in [3.05, 3.63) is 34.9 Å². The Labute approximate surface area is 138 Å². The number of nitrogens with one attached hydrogen (secondary N) is 1. The molecular weight excluding hydrogens is 298 g/mol. The largest absolute Gasteiger partial charge is 0.355 e. The van der Waals surface area contributed by atoms with E-state index in [0.29, 0.717) is 12.5 Å². The number of benzene rings is 1. The van der Waals surface area contributed by atoms with Crippen molar-refractivity contribution in [2.75, 3.05) is 39.3 Å². The topological polar surface area (TPSA) is 35.6 Å². The van der Waals surface area contributed by atoms with Crippen LogP contribution in [0.25, 0.3) is 0 Å². The number of halogens is 1. The minimum Gasteiger partial charge on any atom is -0.355 e. The SMILES string of the molecule is CC(C)CNC(=O)CN1CCN(Cc2cccc(Cl)c2)CC1. The van der Waals surface area contributed by atoms with Crippen LogP contribution in [0.15, 0.2) is 24.3 Å². The van der Waals surface area contributed by atoms with Gasteiger partial charge < -0.3 is 5.32 Å². The summed E-state index contributed by atoms with van der Waals surface area (Å²) in [4.78, 5) is 16.5. The molecule has 1 fully saturated rings. The predicted molar refractivity (Wildman–Crippen MR) is 91.0 cm³/mol. The van der Waals surface area contributed by atoms with E-state index in [4.69, 9.17) is 11.6 Å². The van der Waals surface area contributed by atoms with Gasteiger partial charge in [-0.1, -0.05) is 37.6 Å². The number of carbonyl (C=O) groups excluding carboxylic acids is 1. The standard InChI is InChI=1S/C17H26ClN3O/c1-14(2)11-19-17(22)13-21-8-6-20(7-9-21)12-15-4-3-5-16(18)10-15/h3-5,10,14H,6-9,11-13H2,1-2H3,(H,19,22). The van der Waals surface area contributed by atoms with Gasteiger partial charge in [0.2, 0.25) is 5.91 Å². The van der Waals surface area contributed by atoms with Gasteiger partial charge in [-0.05, 0) is 23.6 Å². The van der Waals surface area contributed by atoms with Gasteiger partial charge in [0.25, 0.3) is 0 Å². The Hall–Kier alpha value is -1.10. The molecule has 1 aromatic rings. The minimum absolute atomic E-state index is 0.136. The van der Waals surface area contributed by atoms with Crippen molar-refractivity contribution in [2.45, 2.75) is 20.4 Å². The first-order valence-corrected chi connectivity index (χ1v) is 8.36. The number of amides is 1. The summed E-state index contributed by atoms with van der Waals surface area (Å²) in [5.74, 6) is 0.635. The average Bonchev–Trinajstić information content (AvgIpc) is 2.47. The fourth-order valence-corrected chi connectivity index (χ4v) is 2.79. The summed E-state index contributed by atoms with van der Waals surface area (Å²) in [5.41, 5.74) is 1.25. The van der Waals surface area contributed by atoms with Crippen LogP contribution in [0.5, 0.6) is 0 Å².